The average molecular weight is 364 g/mol. The Bertz CT molecular complexity index is 765. The summed E-state index contributed by atoms with van der Waals surface area (Å²) in [5.41, 5.74) is 0.565. The number of benzene rings is 1. The molecule has 1 atom stereocenters. The van der Waals surface area contributed by atoms with Gasteiger partial charge in [0.2, 0.25) is 0 Å². The second-order valence-electron chi connectivity index (χ2n) is 5.87. The minimum Gasteiger partial charge on any atom is -0.378 e. The third-order valence-corrected chi connectivity index (χ3v) is 4.76. The number of aromatic nitrogens is 1. The predicted octanol–water partition coefficient (Wildman–Crippen LogP) is 2.75. The number of carbonyl (C=O) groups is 1. The lowest BCUT2D eigenvalue weighted by atomic mass is 10.2. The van der Waals surface area contributed by atoms with Gasteiger partial charge in [0.25, 0.3) is 5.91 Å². The highest BCUT2D eigenvalue weighted by Crippen LogP contribution is 2.12. The summed E-state index contributed by atoms with van der Waals surface area (Å²) >= 11 is 1.35. The molecule has 0 radical (unpaired) electrons. The third-order valence-electron chi connectivity index (χ3n) is 3.97. The molecule has 1 aromatic heterocycles. The van der Waals surface area contributed by atoms with Crippen LogP contribution in [0.1, 0.15) is 24.8 Å². The Morgan fingerprint density at radius 3 is 3.12 bits per heavy atom. The number of ether oxygens (including phenoxy) is 2. The molecule has 0 spiro atoms. The van der Waals surface area contributed by atoms with Crippen molar-refractivity contribution in [3.8, 4) is 0 Å². The van der Waals surface area contributed by atoms with Crippen molar-refractivity contribution in [3.05, 3.63) is 52.0 Å². The van der Waals surface area contributed by atoms with Crippen LogP contribution in [0.15, 0.2) is 40.8 Å². The van der Waals surface area contributed by atoms with Gasteiger partial charge in [0.05, 0.1) is 32.3 Å². The van der Waals surface area contributed by atoms with Crippen LogP contribution in [0.25, 0.3) is 0 Å². The molecule has 0 N–H and O–H groups in total. The van der Waals surface area contributed by atoms with Crippen molar-refractivity contribution in [1.29, 1.82) is 0 Å². The molecule has 1 aliphatic rings. The van der Waals surface area contributed by atoms with Crippen LogP contribution in [0.5, 0.6) is 0 Å². The zero-order chi connectivity index (χ0) is 17.5. The molecule has 0 bridgehead atoms. The van der Waals surface area contributed by atoms with Gasteiger partial charge in [-0.15, -0.1) is 11.3 Å². The fraction of sp³-hybridized carbons (Fsp3) is 0.444. The maximum Gasteiger partial charge on any atom is 0.250 e. The van der Waals surface area contributed by atoms with E-state index in [4.69, 9.17) is 9.47 Å². The molecule has 7 heteroatoms. The zero-order valence-corrected chi connectivity index (χ0v) is 14.7. The van der Waals surface area contributed by atoms with E-state index in [-0.39, 0.29) is 24.2 Å². The molecule has 2 aromatic rings. The Kier molecular flexibility index (Phi) is 6.49. The Labute approximate surface area is 149 Å². The van der Waals surface area contributed by atoms with Crippen LogP contribution in [-0.4, -0.2) is 36.4 Å². The second-order valence-corrected chi connectivity index (χ2v) is 6.74. The summed E-state index contributed by atoms with van der Waals surface area (Å²) in [6.07, 6.45) is 4.28. The van der Waals surface area contributed by atoms with Crippen LogP contribution in [-0.2, 0) is 20.8 Å². The van der Waals surface area contributed by atoms with Crippen LogP contribution in [0.3, 0.4) is 0 Å². The molecule has 5 nitrogen and oxygen atoms in total. The lowest BCUT2D eigenvalue weighted by molar-refractivity contribution is -0.119. The van der Waals surface area contributed by atoms with Gasteiger partial charge in [0, 0.05) is 23.7 Å². The molecule has 2 heterocycles. The minimum absolute atomic E-state index is 0.160. The van der Waals surface area contributed by atoms with Gasteiger partial charge in [-0.3, -0.25) is 4.79 Å². The van der Waals surface area contributed by atoms with Crippen LogP contribution in [0.4, 0.5) is 4.39 Å². The van der Waals surface area contributed by atoms with Gasteiger partial charge in [0.1, 0.15) is 5.82 Å². The largest absolute Gasteiger partial charge is 0.378 e. The molecule has 0 saturated carbocycles. The molecule has 134 valence electrons. The number of hydrogen-bond donors (Lipinski definition) is 0. The number of carbonyl (C=O) groups excluding carboxylic acids is 1. The Morgan fingerprint density at radius 2 is 2.32 bits per heavy atom. The monoisotopic (exact) mass is 364 g/mol. The van der Waals surface area contributed by atoms with E-state index in [9.17, 15) is 9.18 Å². The Morgan fingerprint density at radius 1 is 1.44 bits per heavy atom. The first kappa shape index (κ1) is 18.0. The number of halogens is 1. The summed E-state index contributed by atoms with van der Waals surface area (Å²) in [5, 5.41) is 1.83. The molecular weight excluding hydrogens is 343 g/mol. The van der Waals surface area contributed by atoms with Gasteiger partial charge >= 0.3 is 0 Å². The number of hydrogen-bond acceptors (Lipinski definition) is 4. The Hall–Kier alpha value is -1.83. The molecule has 1 aromatic carbocycles. The topological polar surface area (TPSA) is 52.8 Å². The molecule has 1 amide bonds. The standard InChI is InChI=1S/C18H21FN2O3S/c19-16-6-2-1-4-14(16)12-21-8-11-25-18(21)20-17(22)7-10-23-13-15-5-3-9-24-15/h1-2,4,6,8,11,15H,3,5,7,9-10,12-13H2. The highest BCUT2D eigenvalue weighted by molar-refractivity contribution is 7.07. The van der Waals surface area contributed by atoms with Crippen LogP contribution in [0.2, 0.25) is 0 Å². The molecule has 0 aliphatic carbocycles. The highest BCUT2D eigenvalue weighted by Gasteiger charge is 2.15. The van der Waals surface area contributed by atoms with E-state index in [0.29, 0.717) is 30.1 Å². The van der Waals surface area contributed by atoms with Crippen molar-refractivity contribution in [1.82, 2.24) is 4.57 Å². The fourth-order valence-corrected chi connectivity index (χ4v) is 3.37. The maximum absolute atomic E-state index is 13.8. The van der Waals surface area contributed by atoms with Gasteiger partial charge in [-0.05, 0) is 18.9 Å². The van der Waals surface area contributed by atoms with Crippen molar-refractivity contribution in [3.63, 3.8) is 0 Å². The van der Waals surface area contributed by atoms with Crippen molar-refractivity contribution >= 4 is 17.2 Å². The number of nitrogens with zero attached hydrogens (tertiary/aromatic N) is 2. The molecule has 3 rings (SSSR count). The number of amides is 1. The lowest BCUT2D eigenvalue weighted by Gasteiger charge is -2.08. The average Bonchev–Trinajstić information content (AvgIpc) is 3.26. The first-order valence-corrected chi connectivity index (χ1v) is 9.24. The van der Waals surface area contributed by atoms with Crippen molar-refractivity contribution in [2.45, 2.75) is 31.9 Å². The predicted molar refractivity (Wildman–Crippen MR) is 92.8 cm³/mol. The van der Waals surface area contributed by atoms with E-state index >= 15 is 0 Å². The maximum atomic E-state index is 13.8. The summed E-state index contributed by atoms with van der Waals surface area (Å²) in [7, 11) is 0. The molecule has 25 heavy (non-hydrogen) atoms. The van der Waals surface area contributed by atoms with Crippen molar-refractivity contribution < 1.29 is 18.7 Å². The number of thiazole rings is 1. The van der Waals surface area contributed by atoms with Crippen molar-refractivity contribution in [2.24, 2.45) is 4.99 Å². The summed E-state index contributed by atoms with van der Waals surface area (Å²) in [4.78, 5) is 16.7. The minimum atomic E-state index is -0.263. The van der Waals surface area contributed by atoms with Crippen LogP contribution >= 0.6 is 11.3 Å². The summed E-state index contributed by atoms with van der Waals surface area (Å²) in [6.45, 7) is 2.00. The van der Waals surface area contributed by atoms with E-state index in [1.807, 2.05) is 5.38 Å². The highest BCUT2D eigenvalue weighted by atomic mass is 32.1. The van der Waals surface area contributed by atoms with Gasteiger partial charge in [-0.25, -0.2) is 4.39 Å². The second kappa shape index (κ2) is 9.03. The van der Waals surface area contributed by atoms with E-state index in [1.54, 1.807) is 29.0 Å². The summed E-state index contributed by atoms with van der Waals surface area (Å²) < 4.78 is 26.5. The van der Waals surface area contributed by atoms with E-state index in [1.165, 1.54) is 17.4 Å². The molecular formula is C18H21FN2O3S. The third kappa shape index (κ3) is 5.32. The fourth-order valence-electron chi connectivity index (χ4n) is 2.63. The van der Waals surface area contributed by atoms with Gasteiger partial charge < -0.3 is 14.0 Å². The smallest absolute Gasteiger partial charge is 0.250 e. The summed E-state index contributed by atoms with van der Waals surface area (Å²) in [6, 6.07) is 6.60. The normalized spacial score (nSPS) is 18.0. The van der Waals surface area contributed by atoms with E-state index in [2.05, 4.69) is 4.99 Å². The van der Waals surface area contributed by atoms with Crippen LogP contribution < -0.4 is 4.80 Å². The zero-order valence-electron chi connectivity index (χ0n) is 13.9. The van der Waals surface area contributed by atoms with Gasteiger partial charge in [0.15, 0.2) is 4.80 Å². The van der Waals surface area contributed by atoms with Crippen LogP contribution in [0, 0.1) is 5.82 Å². The Balaban J connectivity index is 1.53. The number of rotatable bonds is 7. The van der Waals surface area contributed by atoms with Gasteiger partial charge in [-0.1, -0.05) is 18.2 Å². The molecule has 1 fully saturated rings. The molecule has 1 unspecified atom stereocenters. The SMILES string of the molecule is O=C(CCOCC1CCCO1)N=c1sccn1Cc1ccccc1F. The van der Waals surface area contributed by atoms with Crippen molar-refractivity contribution in [2.75, 3.05) is 19.8 Å². The first-order chi connectivity index (χ1) is 12.2. The van der Waals surface area contributed by atoms with Gasteiger partial charge in [-0.2, -0.15) is 4.99 Å². The lowest BCUT2D eigenvalue weighted by Crippen LogP contribution is -2.19. The van der Waals surface area contributed by atoms with E-state index < -0.39 is 0 Å². The quantitative estimate of drug-likeness (QED) is 0.710. The molecule has 1 aliphatic heterocycles. The first-order valence-electron chi connectivity index (χ1n) is 8.36. The summed E-state index contributed by atoms with van der Waals surface area (Å²) in [5.74, 6) is -0.502. The van der Waals surface area contributed by atoms with E-state index in [0.717, 1.165) is 19.4 Å². The molecule has 1 saturated heterocycles.